The summed E-state index contributed by atoms with van der Waals surface area (Å²) in [6.07, 6.45) is 5.86. The van der Waals surface area contributed by atoms with Crippen molar-refractivity contribution in [1.82, 2.24) is 0 Å². The van der Waals surface area contributed by atoms with Crippen molar-refractivity contribution >= 4 is 73.8 Å². The van der Waals surface area contributed by atoms with E-state index in [-0.39, 0.29) is 16.0 Å². The number of carbonyl (C=O) groups is 1. The number of carbonyl (C=O) groups excluding carboxylic acids is 1. The zero-order valence-corrected chi connectivity index (χ0v) is 24.8. The molecule has 1 aliphatic rings. The SMILES string of the molecule is CC(=O)Nc1ccc([As](=O)(O)OO)cc1.O=S(=O)(O)C1(S(=O)(=O)O)C=C(N=C=S)C=CC1C=Cc1ccccc1. The van der Waals surface area contributed by atoms with Gasteiger partial charge in [0.15, 0.2) is 0 Å². The molecule has 214 valence electrons. The number of thiocarbonyl (C=S) groups is 1. The van der Waals surface area contributed by atoms with Crippen molar-refractivity contribution in [3.05, 3.63) is 90.2 Å². The smallest absolute Gasteiger partial charge is 0.284 e. The first-order chi connectivity index (χ1) is 18.6. The molecule has 40 heavy (non-hydrogen) atoms. The molecule has 1 aliphatic carbocycles. The average Bonchev–Trinajstić information content (AvgIpc) is 2.87. The van der Waals surface area contributed by atoms with Crippen LogP contribution in [0.4, 0.5) is 5.69 Å². The van der Waals surface area contributed by atoms with Crippen molar-refractivity contribution in [2.75, 3.05) is 5.32 Å². The van der Waals surface area contributed by atoms with Crippen molar-refractivity contribution in [2.24, 2.45) is 10.9 Å². The summed E-state index contributed by atoms with van der Waals surface area (Å²) < 4.78 is 87.8. The van der Waals surface area contributed by atoms with Gasteiger partial charge in [-0.05, 0) is 29.9 Å². The van der Waals surface area contributed by atoms with E-state index in [1.54, 1.807) is 30.3 Å². The fraction of sp³-hybridized carbons (Fsp3) is 0.130. The third-order valence-corrected chi connectivity index (χ3v) is 11.4. The number of amides is 1. The summed E-state index contributed by atoms with van der Waals surface area (Å²) in [6.45, 7) is 1.35. The topological polar surface area (TPSA) is 217 Å². The van der Waals surface area contributed by atoms with E-state index in [9.17, 15) is 34.5 Å². The Balaban J connectivity index is 0.000000319. The Bertz CT molecular complexity index is 1600. The van der Waals surface area contributed by atoms with E-state index in [4.69, 9.17) is 9.35 Å². The molecule has 0 aliphatic heterocycles. The number of benzene rings is 2. The van der Waals surface area contributed by atoms with Crippen LogP contribution in [0.3, 0.4) is 0 Å². The summed E-state index contributed by atoms with van der Waals surface area (Å²) in [5, 5.41) is 12.7. The maximum atomic E-state index is 11.9. The summed E-state index contributed by atoms with van der Waals surface area (Å²) in [6, 6.07) is 14.2. The van der Waals surface area contributed by atoms with Gasteiger partial charge in [-0.3, -0.25) is 9.11 Å². The predicted molar refractivity (Wildman–Crippen MR) is 150 cm³/mol. The molecule has 0 saturated carbocycles. The van der Waals surface area contributed by atoms with Crippen LogP contribution in [0.2, 0.25) is 0 Å². The fourth-order valence-corrected chi connectivity index (χ4v) is 7.41. The molecule has 0 radical (unpaired) electrons. The monoisotopic (exact) mass is 674 g/mol. The first-order valence-electron chi connectivity index (χ1n) is 10.8. The van der Waals surface area contributed by atoms with Crippen LogP contribution in [0.25, 0.3) is 6.08 Å². The van der Waals surface area contributed by atoms with Crippen molar-refractivity contribution < 1.29 is 47.7 Å². The molecule has 0 saturated heterocycles. The van der Waals surface area contributed by atoms with Gasteiger partial charge in [0, 0.05) is 5.92 Å². The number of isothiocyanates is 1. The van der Waals surface area contributed by atoms with Crippen molar-refractivity contribution in [3.8, 4) is 0 Å². The summed E-state index contributed by atoms with van der Waals surface area (Å²) in [7, 11) is -10.6. The molecule has 2 atom stereocenters. The van der Waals surface area contributed by atoms with Crippen molar-refractivity contribution in [3.63, 3.8) is 0 Å². The molecule has 3 rings (SSSR count). The van der Waals surface area contributed by atoms with Gasteiger partial charge in [-0.2, -0.15) is 21.8 Å². The van der Waals surface area contributed by atoms with Crippen LogP contribution in [-0.2, 0) is 32.6 Å². The Kier molecular flexibility index (Phi) is 11.3. The van der Waals surface area contributed by atoms with E-state index >= 15 is 0 Å². The van der Waals surface area contributed by atoms with Gasteiger partial charge in [-0.25, -0.2) is 0 Å². The summed E-state index contributed by atoms with van der Waals surface area (Å²) >= 11 is -0.354. The first-order valence-corrected chi connectivity index (χ1v) is 17.4. The van der Waals surface area contributed by atoms with Gasteiger partial charge in [-0.15, -0.1) is 0 Å². The molecule has 13 nitrogen and oxygen atoms in total. The molecule has 0 fully saturated rings. The standard InChI is InChI=1S/C15H13NO6S3.C8H10AsNO5/c17-24(18,19)15(25(20,21)22)10-14(16-11-23)9-8-13(15)7-6-12-4-2-1-3-5-12;1-6(11)10-8-4-2-7(3-5-8)9(12,13)15-14/h1-10,13H,(H,17,18,19)(H,20,21,22);2-5,14H,1H3,(H,10,11)(H,12,13). The number of nitrogens with one attached hydrogen (secondary N) is 1. The summed E-state index contributed by atoms with van der Waals surface area (Å²) in [5.41, 5.74) is 0.997. The minimum absolute atomic E-state index is 0.00438. The van der Waals surface area contributed by atoms with Crippen LogP contribution in [0, 0.1) is 5.92 Å². The minimum Gasteiger partial charge on any atom is -0.284 e. The number of anilines is 1. The zero-order chi connectivity index (χ0) is 30.2. The Morgan fingerprint density at radius 3 is 2.15 bits per heavy atom. The van der Waals surface area contributed by atoms with Gasteiger partial charge in [0.25, 0.3) is 24.3 Å². The van der Waals surface area contributed by atoms with E-state index in [2.05, 4.69) is 26.4 Å². The van der Waals surface area contributed by atoms with Crippen LogP contribution in [0.1, 0.15) is 12.5 Å². The molecule has 0 aromatic heterocycles. The summed E-state index contributed by atoms with van der Waals surface area (Å²) in [4.78, 5) is 14.2. The maximum Gasteiger partial charge on any atom is 0.292 e. The molecule has 5 N–H and O–H groups in total. The largest absolute Gasteiger partial charge is 0.292 e. The van der Waals surface area contributed by atoms with E-state index < -0.39 is 44.4 Å². The summed E-state index contributed by atoms with van der Waals surface area (Å²) in [5.74, 6) is -1.64. The van der Waals surface area contributed by atoms with Crippen LogP contribution in [0.15, 0.2) is 89.6 Å². The molecule has 0 bridgehead atoms. The van der Waals surface area contributed by atoms with Crippen molar-refractivity contribution in [2.45, 2.75) is 11.0 Å². The number of hydrogen-bond donors (Lipinski definition) is 5. The Morgan fingerprint density at radius 2 is 1.68 bits per heavy atom. The second-order valence-corrected chi connectivity index (χ2v) is 15.2. The second kappa shape index (κ2) is 13.6. The maximum absolute atomic E-state index is 11.9. The first kappa shape index (κ1) is 33.2. The molecule has 2 aromatic rings. The average molecular weight is 675 g/mol. The Morgan fingerprint density at radius 1 is 1.10 bits per heavy atom. The molecule has 0 spiro atoms. The number of aliphatic imine (C=N–C) groups is 1. The van der Waals surface area contributed by atoms with Crippen molar-refractivity contribution in [1.29, 1.82) is 0 Å². The third kappa shape index (κ3) is 8.25. The van der Waals surface area contributed by atoms with Crippen LogP contribution < -0.4 is 9.67 Å². The molecule has 2 aromatic carbocycles. The minimum atomic E-state index is -5.29. The van der Waals surface area contributed by atoms with Gasteiger partial charge in [-0.1, -0.05) is 48.6 Å². The molecule has 1 amide bonds. The molecular weight excluding hydrogens is 651 g/mol. The van der Waals surface area contributed by atoms with Crippen LogP contribution in [0.5, 0.6) is 0 Å². The van der Waals surface area contributed by atoms with Gasteiger partial charge < -0.3 is 0 Å². The second-order valence-electron chi connectivity index (χ2n) is 7.93. The fourth-order valence-electron chi connectivity index (χ4n) is 3.40. The number of nitrogens with zero attached hydrogens (tertiary/aromatic N) is 1. The van der Waals surface area contributed by atoms with Gasteiger partial charge >= 0.3 is 88.4 Å². The van der Waals surface area contributed by atoms with Crippen LogP contribution in [-0.4, -0.2) is 64.6 Å². The Labute approximate surface area is 238 Å². The molecule has 17 heteroatoms. The Hall–Kier alpha value is -3.01. The van der Waals surface area contributed by atoms with E-state index in [0.717, 1.165) is 0 Å². The van der Waals surface area contributed by atoms with Crippen LogP contribution >= 0.6 is 12.2 Å². The van der Waals surface area contributed by atoms with E-state index in [0.29, 0.717) is 17.3 Å². The number of allylic oxidation sites excluding steroid dienone is 3. The van der Waals surface area contributed by atoms with Gasteiger partial charge in [0.1, 0.15) is 0 Å². The number of hydrogen-bond acceptors (Lipinski definition) is 10. The quantitative estimate of drug-likeness (QED) is 0.0679. The molecule has 2 unspecified atom stereocenters. The molecular formula is C23H23AsN2O11S3. The normalized spacial score (nSPS) is 17.9. The third-order valence-electron chi connectivity index (χ3n) is 5.19. The predicted octanol–water partition coefficient (Wildman–Crippen LogP) is 2.05. The zero-order valence-electron chi connectivity index (χ0n) is 20.4. The number of rotatable bonds is 8. The van der Waals surface area contributed by atoms with Gasteiger partial charge in [0.05, 0.1) is 10.9 Å². The van der Waals surface area contributed by atoms with E-state index in [1.807, 2.05) is 5.16 Å². The molecule has 0 heterocycles. The van der Waals surface area contributed by atoms with E-state index in [1.165, 1.54) is 55.5 Å². The van der Waals surface area contributed by atoms with Gasteiger partial charge in [0.2, 0.25) is 0 Å².